The molecule has 0 radical (unpaired) electrons. The summed E-state index contributed by atoms with van der Waals surface area (Å²) in [5.74, 6) is -1.04. The summed E-state index contributed by atoms with van der Waals surface area (Å²) in [5, 5.41) is 6.82. The van der Waals surface area contributed by atoms with E-state index >= 15 is 0 Å². The number of nitrogens with zero attached hydrogens (tertiary/aromatic N) is 4. The Balaban J connectivity index is 1.69. The summed E-state index contributed by atoms with van der Waals surface area (Å²) in [4.78, 5) is 20.7. The van der Waals surface area contributed by atoms with E-state index in [-0.39, 0.29) is 23.8 Å². The predicted octanol–water partition coefficient (Wildman–Crippen LogP) is 2.41. The van der Waals surface area contributed by atoms with Crippen LogP contribution in [-0.2, 0) is 11.2 Å². The van der Waals surface area contributed by atoms with Gasteiger partial charge >= 0.3 is 0 Å². The van der Waals surface area contributed by atoms with Crippen molar-refractivity contribution >= 4 is 17.6 Å². The van der Waals surface area contributed by atoms with Crippen LogP contribution < -0.4 is 11.1 Å². The molecule has 9 heteroatoms. The number of halogens is 2. The van der Waals surface area contributed by atoms with Crippen molar-refractivity contribution < 1.29 is 13.6 Å². The van der Waals surface area contributed by atoms with Crippen LogP contribution >= 0.6 is 0 Å². The summed E-state index contributed by atoms with van der Waals surface area (Å²) in [5.41, 5.74) is 8.28. The van der Waals surface area contributed by atoms with Crippen LogP contribution in [0.1, 0.15) is 41.9 Å². The molecule has 3 aromatic rings. The Morgan fingerprint density at radius 2 is 2.04 bits per heavy atom. The number of nitrogen functional groups attached to an aromatic ring is 1. The molecule has 0 saturated carbocycles. The first kappa shape index (κ1) is 18.7. The van der Waals surface area contributed by atoms with E-state index in [9.17, 15) is 13.6 Å². The molecule has 0 bridgehead atoms. The fourth-order valence-electron chi connectivity index (χ4n) is 3.07. The van der Waals surface area contributed by atoms with Crippen molar-refractivity contribution in [3.05, 3.63) is 52.3 Å². The molecular formula is C18H20F2N6O. The fraction of sp³-hybridized carbons (Fsp3) is 0.333. The van der Waals surface area contributed by atoms with Gasteiger partial charge in [-0.2, -0.15) is 9.50 Å². The molecule has 1 aromatic carbocycles. The largest absolute Gasteiger partial charge is 0.366 e. The number of nitrogens with two attached hydrogens (primary N) is 1. The van der Waals surface area contributed by atoms with E-state index in [1.807, 2.05) is 13.8 Å². The van der Waals surface area contributed by atoms with Crippen molar-refractivity contribution in [3.63, 3.8) is 0 Å². The Morgan fingerprint density at radius 1 is 1.30 bits per heavy atom. The van der Waals surface area contributed by atoms with E-state index in [0.717, 1.165) is 23.0 Å². The van der Waals surface area contributed by atoms with Gasteiger partial charge in [-0.15, -0.1) is 5.10 Å². The number of anilines is 1. The minimum atomic E-state index is -0.687. The maximum Gasteiger partial charge on any atom is 0.254 e. The molecule has 27 heavy (non-hydrogen) atoms. The monoisotopic (exact) mass is 374 g/mol. The van der Waals surface area contributed by atoms with Gasteiger partial charge in [0, 0.05) is 29.4 Å². The molecule has 0 aliphatic carbocycles. The third kappa shape index (κ3) is 3.86. The van der Waals surface area contributed by atoms with Gasteiger partial charge in [0.25, 0.3) is 5.78 Å². The highest BCUT2D eigenvalue weighted by molar-refractivity contribution is 5.76. The Labute approximate surface area is 154 Å². The Kier molecular flexibility index (Phi) is 5.02. The number of benzene rings is 1. The number of carbonyl (C=O) groups excluding carboxylic acids is 1. The third-order valence-electron chi connectivity index (χ3n) is 4.47. The molecule has 2 heterocycles. The zero-order chi connectivity index (χ0) is 19.7. The maximum absolute atomic E-state index is 13.8. The van der Waals surface area contributed by atoms with Crippen LogP contribution in [0.15, 0.2) is 18.2 Å². The second-order valence-corrected chi connectivity index (χ2v) is 6.40. The van der Waals surface area contributed by atoms with Crippen LogP contribution in [0.2, 0.25) is 0 Å². The van der Waals surface area contributed by atoms with E-state index in [4.69, 9.17) is 5.73 Å². The first-order chi connectivity index (χ1) is 12.8. The van der Waals surface area contributed by atoms with Crippen molar-refractivity contribution in [2.75, 3.05) is 5.73 Å². The second-order valence-electron chi connectivity index (χ2n) is 6.40. The van der Waals surface area contributed by atoms with Gasteiger partial charge in [-0.05, 0) is 38.8 Å². The molecule has 3 N–H and O–H groups in total. The average molecular weight is 374 g/mol. The van der Waals surface area contributed by atoms with Crippen molar-refractivity contribution in [2.24, 2.45) is 0 Å². The summed E-state index contributed by atoms with van der Waals surface area (Å²) in [6.45, 7) is 5.34. The molecule has 142 valence electrons. The third-order valence-corrected chi connectivity index (χ3v) is 4.47. The highest BCUT2D eigenvalue weighted by Crippen LogP contribution is 2.19. The van der Waals surface area contributed by atoms with Crippen LogP contribution in [-0.4, -0.2) is 25.5 Å². The second kappa shape index (κ2) is 7.26. The predicted molar refractivity (Wildman–Crippen MR) is 95.9 cm³/mol. The number of hydrogen-bond donors (Lipinski definition) is 2. The molecule has 2 aromatic heterocycles. The summed E-state index contributed by atoms with van der Waals surface area (Å²) in [7, 11) is 0. The van der Waals surface area contributed by atoms with Crippen LogP contribution in [0.3, 0.4) is 0 Å². The first-order valence-corrected chi connectivity index (χ1v) is 8.49. The van der Waals surface area contributed by atoms with Crippen molar-refractivity contribution in [1.82, 2.24) is 24.9 Å². The number of carbonyl (C=O) groups is 1. The van der Waals surface area contributed by atoms with Gasteiger partial charge in [0.2, 0.25) is 11.9 Å². The van der Waals surface area contributed by atoms with Crippen molar-refractivity contribution in [2.45, 2.75) is 39.7 Å². The van der Waals surface area contributed by atoms with E-state index < -0.39 is 17.7 Å². The van der Waals surface area contributed by atoms with E-state index in [0.29, 0.717) is 12.2 Å². The molecular weight excluding hydrogens is 354 g/mol. The van der Waals surface area contributed by atoms with Gasteiger partial charge in [0.15, 0.2) is 0 Å². The number of nitrogens with one attached hydrogen (secondary N) is 1. The standard InChI is InChI=1S/C18H20F2N6O/c1-9-13(11(3)26-18(23-9)24-17(21)25-26)6-7-16(27)22-10(2)14-5-4-12(19)8-15(14)20/h4-5,8,10H,6-7H2,1-3H3,(H2,21,25)(H,22,27)/t10-/m0/s1. The summed E-state index contributed by atoms with van der Waals surface area (Å²) >= 11 is 0. The Bertz CT molecular complexity index is 1020. The molecule has 0 unspecified atom stereocenters. The fourth-order valence-corrected chi connectivity index (χ4v) is 3.07. The lowest BCUT2D eigenvalue weighted by atomic mass is 10.0. The summed E-state index contributed by atoms with van der Waals surface area (Å²) < 4.78 is 28.4. The van der Waals surface area contributed by atoms with E-state index in [1.54, 1.807) is 11.4 Å². The zero-order valence-electron chi connectivity index (χ0n) is 15.3. The van der Waals surface area contributed by atoms with Gasteiger partial charge in [0.05, 0.1) is 6.04 Å². The van der Waals surface area contributed by atoms with Crippen LogP contribution in [0.5, 0.6) is 0 Å². The molecule has 0 saturated heterocycles. The topological polar surface area (TPSA) is 98.2 Å². The number of rotatable bonds is 5. The van der Waals surface area contributed by atoms with E-state index in [2.05, 4.69) is 20.4 Å². The SMILES string of the molecule is Cc1nc2nc(N)nn2c(C)c1CCC(=O)N[C@@H](C)c1ccc(F)cc1F. The molecule has 0 aliphatic heterocycles. The lowest BCUT2D eigenvalue weighted by Crippen LogP contribution is -2.27. The number of fused-ring (bicyclic) bond motifs is 1. The average Bonchev–Trinajstić information content (AvgIpc) is 2.94. The minimum Gasteiger partial charge on any atom is -0.366 e. The molecule has 1 atom stereocenters. The minimum absolute atomic E-state index is 0.134. The smallest absolute Gasteiger partial charge is 0.254 e. The maximum atomic E-state index is 13.8. The zero-order valence-corrected chi connectivity index (χ0v) is 15.3. The molecule has 7 nitrogen and oxygen atoms in total. The van der Waals surface area contributed by atoms with E-state index in [1.165, 1.54) is 12.1 Å². The number of aromatic nitrogens is 4. The van der Waals surface area contributed by atoms with Crippen molar-refractivity contribution in [1.29, 1.82) is 0 Å². The summed E-state index contributed by atoms with van der Waals surface area (Å²) in [6, 6.07) is 2.72. The Hall–Kier alpha value is -3.10. The summed E-state index contributed by atoms with van der Waals surface area (Å²) in [6.07, 6.45) is 0.622. The first-order valence-electron chi connectivity index (χ1n) is 8.49. The van der Waals surface area contributed by atoms with Gasteiger partial charge < -0.3 is 11.1 Å². The highest BCUT2D eigenvalue weighted by Gasteiger charge is 2.17. The normalized spacial score (nSPS) is 12.3. The Morgan fingerprint density at radius 3 is 2.74 bits per heavy atom. The van der Waals surface area contributed by atoms with Crippen molar-refractivity contribution in [3.8, 4) is 0 Å². The number of aryl methyl sites for hydroxylation is 2. The van der Waals surface area contributed by atoms with Crippen LogP contribution in [0.4, 0.5) is 14.7 Å². The molecule has 3 rings (SSSR count). The lowest BCUT2D eigenvalue weighted by molar-refractivity contribution is -0.121. The van der Waals surface area contributed by atoms with Gasteiger partial charge in [-0.25, -0.2) is 13.8 Å². The number of amides is 1. The highest BCUT2D eigenvalue weighted by atomic mass is 19.1. The lowest BCUT2D eigenvalue weighted by Gasteiger charge is -2.16. The van der Waals surface area contributed by atoms with Crippen LogP contribution in [0.25, 0.3) is 5.78 Å². The molecule has 1 amide bonds. The molecule has 0 spiro atoms. The van der Waals surface area contributed by atoms with Gasteiger partial charge in [0.1, 0.15) is 11.6 Å². The van der Waals surface area contributed by atoms with Gasteiger partial charge in [-0.3, -0.25) is 4.79 Å². The van der Waals surface area contributed by atoms with Crippen LogP contribution in [0, 0.1) is 25.5 Å². The van der Waals surface area contributed by atoms with Gasteiger partial charge in [-0.1, -0.05) is 6.07 Å². The molecule has 0 fully saturated rings. The quantitative estimate of drug-likeness (QED) is 0.715. The number of hydrogen-bond acceptors (Lipinski definition) is 5. The molecule has 0 aliphatic rings.